The lowest BCUT2D eigenvalue weighted by Crippen LogP contribution is -2.40. The molecule has 2 aliphatic carbocycles. The van der Waals surface area contributed by atoms with Gasteiger partial charge in [-0.2, -0.15) is 0 Å². The normalized spacial score (nSPS) is 29.7. The van der Waals surface area contributed by atoms with E-state index in [-0.39, 0.29) is 5.41 Å². The van der Waals surface area contributed by atoms with Gasteiger partial charge in [-0.1, -0.05) is 19.1 Å². The molecule has 0 fully saturated rings. The predicted octanol–water partition coefficient (Wildman–Crippen LogP) is 4.14. The number of aliphatic hydroxyl groups excluding tert-OH is 1. The monoisotopic (exact) mass is 258 g/mol. The molecule has 0 saturated carbocycles. The summed E-state index contributed by atoms with van der Waals surface area (Å²) in [6.07, 6.45) is 3.99. The summed E-state index contributed by atoms with van der Waals surface area (Å²) in [5, 5.41) is 10.0. The lowest BCUT2D eigenvalue weighted by molar-refractivity contribution is 0.216. The van der Waals surface area contributed by atoms with Crippen molar-refractivity contribution >= 4 is 0 Å². The van der Waals surface area contributed by atoms with Crippen LogP contribution in [0.5, 0.6) is 5.75 Å². The van der Waals surface area contributed by atoms with E-state index in [1.54, 1.807) is 7.11 Å². The number of allylic oxidation sites excluding steroid dienone is 2. The first-order valence-electron chi connectivity index (χ1n) is 7.13. The lowest BCUT2D eigenvalue weighted by atomic mass is 9.58. The van der Waals surface area contributed by atoms with E-state index in [4.69, 9.17) is 4.74 Å². The molecule has 2 atom stereocenters. The highest BCUT2D eigenvalue weighted by atomic mass is 16.5. The number of methoxy groups -OCH3 is 1. The van der Waals surface area contributed by atoms with Crippen LogP contribution < -0.4 is 4.74 Å². The van der Waals surface area contributed by atoms with Gasteiger partial charge in [-0.3, -0.25) is 0 Å². The summed E-state index contributed by atoms with van der Waals surface area (Å²) in [6, 6.07) is 6.41. The Kier molecular flexibility index (Phi) is 2.84. The molecule has 0 unspecified atom stereocenters. The maximum Gasteiger partial charge on any atom is 0.122 e. The number of hydrogen-bond donors (Lipinski definition) is 1. The van der Waals surface area contributed by atoms with E-state index in [9.17, 15) is 5.11 Å². The molecule has 0 aliphatic heterocycles. The van der Waals surface area contributed by atoms with Crippen LogP contribution in [0.3, 0.4) is 0 Å². The van der Waals surface area contributed by atoms with Gasteiger partial charge in [0.2, 0.25) is 0 Å². The summed E-state index contributed by atoms with van der Waals surface area (Å²) < 4.78 is 5.52. The fraction of sp³-hybridized carbons (Fsp3) is 0.529. The molecule has 19 heavy (non-hydrogen) atoms. The van der Waals surface area contributed by atoms with Crippen LogP contribution in [0.2, 0.25) is 0 Å². The van der Waals surface area contributed by atoms with E-state index < -0.39 is 0 Å². The third-order valence-electron chi connectivity index (χ3n) is 5.28. The number of aliphatic hydroxyl groups is 1. The zero-order valence-electron chi connectivity index (χ0n) is 12.0. The first-order chi connectivity index (χ1) is 9.08. The molecule has 0 heterocycles. The Morgan fingerprint density at radius 3 is 2.84 bits per heavy atom. The van der Waals surface area contributed by atoms with Crippen LogP contribution in [0.25, 0.3) is 0 Å². The minimum Gasteiger partial charge on any atom is -0.512 e. The molecule has 1 N–H and O–H groups in total. The van der Waals surface area contributed by atoms with Crippen LogP contribution in [0, 0.1) is 5.92 Å². The SMILES string of the molecule is COc1cccc2c1CC[C@H]1C(C)=C(O)CC[C@]21C. The largest absolute Gasteiger partial charge is 0.512 e. The second-order valence-corrected chi connectivity index (χ2v) is 6.12. The molecule has 0 aromatic heterocycles. The van der Waals surface area contributed by atoms with E-state index in [0.717, 1.165) is 31.4 Å². The number of hydrogen-bond acceptors (Lipinski definition) is 2. The van der Waals surface area contributed by atoms with Gasteiger partial charge in [0.05, 0.1) is 12.9 Å². The van der Waals surface area contributed by atoms with Gasteiger partial charge in [0, 0.05) is 6.42 Å². The van der Waals surface area contributed by atoms with Crippen molar-refractivity contribution in [1.29, 1.82) is 0 Å². The van der Waals surface area contributed by atoms with Gasteiger partial charge in [-0.15, -0.1) is 0 Å². The van der Waals surface area contributed by atoms with Gasteiger partial charge in [-0.05, 0) is 60.3 Å². The quantitative estimate of drug-likeness (QED) is 0.820. The molecule has 0 radical (unpaired) electrons. The van der Waals surface area contributed by atoms with Gasteiger partial charge in [0.15, 0.2) is 0 Å². The summed E-state index contributed by atoms with van der Waals surface area (Å²) >= 11 is 0. The number of rotatable bonds is 1. The van der Waals surface area contributed by atoms with Crippen molar-refractivity contribution in [2.45, 2.75) is 44.9 Å². The Labute approximate surface area is 115 Å². The van der Waals surface area contributed by atoms with Crippen molar-refractivity contribution in [3.8, 4) is 5.75 Å². The van der Waals surface area contributed by atoms with Crippen LogP contribution >= 0.6 is 0 Å². The highest BCUT2D eigenvalue weighted by Crippen LogP contribution is 2.52. The summed E-state index contributed by atoms with van der Waals surface area (Å²) in [5.74, 6) is 2.11. The molecule has 0 amide bonds. The van der Waals surface area contributed by atoms with Crippen molar-refractivity contribution < 1.29 is 9.84 Å². The Morgan fingerprint density at radius 2 is 2.11 bits per heavy atom. The zero-order valence-corrected chi connectivity index (χ0v) is 12.0. The molecule has 2 aliphatic rings. The van der Waals surface area contributed by atoms with E-state index in [1.807, 2.05) is 0 Å². The fourth-order valence-corrected chi connectivity index (χ4v) is 4.12. The highest BCUT2D eigenvalue weighted by Gasteiger charge is 2.44. The fourth-order valence-electron chi connectivity index (χ4n) is 4.12. The smallest absolute Gasteiger partial charge is 0.122 e. The second kappa shape index (κ2) is 4.29. The second-order valence-electron chi connectivity index (χ2n) is 6.12. The Bertz CT molecular complexity index is 544. The van der Waals surface area contributed by atoms with Crippen molar-refractivity contribution in [1.82, 2.24) is 0 Å². The topological polar surface area (TPSA) is 29.5 Å². The van der Waals surface area contributed by atoms with Gasteiger partial charge < -0.3 is 9.84 Å². The summed E-state index contributed by atoms with van der Waals surface area (Å²) in [5.41, 5.74) is 4.15. The third-order valence-corrected chi connectivity index (χ3v) is 5.28. The molecule has 2 heteroatoms. The first kappa shape index (κ1) is 12.6. The number of benzene rings is 1. The van der Waals surface area contributed by atoms with Crippen LogP contribution in [-0.2, 0) is 11.8 Å². The van der Waals surface area contributed by atoms with Crippen molar-refractivity contribution in [2.75, 3.05) is 7.11 Å². The Balaban J connectivity index is 2.15. The van der Waals surface area contributed by atoms with Crippen LogP contribution in [0.15, 0.2) is 29.5 Å². The number of fused-ring (bicyclic) bond motifs is 3. The van der Waals surface area contributed by atoms with Crippen LogP contribution in [0.1, 0.15) is 44.2 Å². The Morgan fingerprint density at radius 1 is 1.32 bits per heavy atom. The van der Waals surface area contributed by atoms with E-state index in [2.05, 4.69) is 32.0 Å². The highest BCUT2D eigenvalue weighted by molar-refractivity contribution is 5.48. The molecular weight excluding hydrogens is 236 g/mol. The molecule has 3 rings (SSSR count). The van der Waals surface area contributed by atoms with Crippen molar-refractivity contribution in [3.63, 3.8) is 0 Å². The summed E-state index contributed by atoms with van der Waals surface area (Å²) in [7, 11) is 1.75. The van der Waals surface area contributed by atoms with Gasteiger partial charge in [0.25, 0.3) is 0 Å². The van der Waals surface area contributed by atoms with Gasteiger partial charge in [-0.25, -0.2) is 0 Å². The molecule has 102 valence electrons. The number of ether oxygens (including phenoxy) is 1. The lowest BCUT2D eigenvalue weighted by Gasteiger charge is -2.47. The van der Waals surface area contributed by atoms with Crippen molar-refractivity contribution in [3.05, 3.63) is 40.7 Å². The molecule has 0 saturated heterocycles. The summed E-state index contributed by atoms with van der Waals surface area (Å²) in [6.45, 7) is 4.45. The zero-order chi connectivity index (χ0) is 13.6. The van der Waals surface area contributed by atoms with E-state index >= 15 is 0 Å². The van der Waals surface area contributed by atoms with Crippen LogP contribution in [-0.4, -0.2) is 12.2 Å². The van der Waals surface area contributed by atoms with Crippen LogP contribution in [0.4, 0.5) is 0 Å². The molecular formula is C17H22O2. The molecule has 2 nitrogen and oxygen atoms in total. The maximum atomic E-state index is 10.0. The van der Waals surface area contributed by atoms with Gasteiger partial charge >= 0.3 is 0 Å². The molecule has 1 aromatic carbocycles. The van der Waals surface area contributed by atoms with E-state index in [1.165, 1.54) is 16.7 Å². The molecule has 0 spiro atoms. The minimum absolute atomic E-state index is 0.151. The standard InChI is InChI=1S/C17H22O2/c1-11-13-8-7-12-14(5-4-6-16(12)19-3)17(13,2)10-9-15(11)18/h4-6,13,18H,7-10H2,1-3H3/t13-,17-/m0/s1. The minimum atomic E-state index is 0.151. The average Bonchev–Trinajstić information content (AvgIpc) is 2.43. The molecule has 1 aromatic rings. The average molecular weight is 258 g/mol. The maximum absolute atomic E-state index is 10.0. The van der Waals surface area contributed by atoms with E-state index in [0.29, 0.717) is 11.7 Å². The predicted molar refractivity (Wildman–Crippen MR) is 76.7 cm³/mol. The first-order valence-corrected chi connectivity index (χ1v) is 7.13. The van der Waals surface area contributed by atoms with Crippen molar-refractivity contribution in [2.24, 2.45) is 5.92 Å². The molecule has 0 bridgehead atoms. The van der Waals surface area contributed by atoms with Gasteiger partial charge in [0.1, 0.15) is 5.75 Å². The summed E-state index contributed by atoms with van der Waals surface area (Å²) in [4.78, 5) is 0. The third kappa shape index (κ3) is 1.69. The Hall–Kier alpha value is -1.44.